The highest BCUT2D eigenvalue weighted by molar-refractivity contribution is 7.89. The largest absolute Gasteiger partial charge is 0.399 e. The molecule has 7 heteroatoms. The fourth-order valence-corrected chi connectivity index (χ4v) is 4.05. The van der Waals surface area contributed by atoms with E-state index in [1.807, 2.05) is 0 Å². The molecule has 2 unspecified atom stereocenters. The first-order chi connectivity index (χ1) is 8.22. The second-order valence-corrected chi connectivity index (χ2v) is 7.45. The topological polar surface area (TPSA) is 89.3 Å². The fraction of sp³-hybridized carbons (Fsp3) is 0.455. The second-order valence-electron chi connectivity index (χ2n) is 4.29. The minimum Gasteiger partial charge on any atom is -0.399 e. The van der Waals surface area contributed by atoms with Gasteiger partial charge in [0.05, 0.1) is 4.90 Å². The van der Waals surface area contributed by atoms with Crippen LogP contribution in [0.2, 0.25) is 0 Å². The molecule has 0 aliphatic heterocycles. The maximum absolute atomic E-state index is 12.1. The van der Waals surface area contributed by atoms with Gasteiger partial charge in [-0.25, -0.2) is 13.1 Å². The van der Waals surface area contributed by atoms with Crippen molar-refractivity contribution in [2.24, 2.45) is 0 Å². The smallest absolute Gasteiger partial charge is 0.241 e. The quantitative estimate of drug-likeness (QED) is 0.778. The Bertz CT molecular complexity index is 555. The van der Waals surface area contributed by atoms with Crippen molar-refractivity contribution < 1.29 is 12.6 Å². The highest BCUT2D eigenvalue weighted by Gasteiger charge is 2.19. The van der Waals surface area contributed by atoms with Crippen molar-refractivity contribution in [3.05, 3.63) is 23.8 Å². The minimum atomic E-state index is -3.59. The van der Waals surface area contributed by atoms with Crippen LogP contribution in [0.25, 0.3) is 0 Å². The van der Waals surface area contributed by atoms with Gasteiger partial charge < -0.3 is 5.73 Å². The van der Waals surface area contributed by atoms with Crippen LogP contribution >= 0.6 is 0 Å². The summed E-state index contributed by atoms with van der Waals surface area (Å²) in [6.45, 7) is 3.37. The predicted octanol–water partition coefficient (Wildman–Crippen LogP) is 0.623. The van der Waals surface area contributed by atoms with Crippen LogP contribution in [0.5, 0.6) is 0 Å². The van der Waals surface area contributed by atoms with Crippen molar-refractivity contribution in [2.75, 3.05) is 17.7 Å². The lowest BCUT2D eigenvalue weighted by atomic mass is 10.2. The summed E-state index contributed by atoms with van der Waals surface area (Å²) in [5.74, 6) is 0.285. The number of hydrogen-bond acceptors (Lipinski definition) is 4. The lowest BCUT2D eigenvalue weighted by molar-refractivity contribution is 0.569. The molecule has 2 atom stereocenters. The highest BCUT2D eigenvalue weighted by Crippen LogP contribution is 2.17. The van der Waals surface area contributed by atoms with E-state index in [-0.39, 0.29) is 16.7 Å². The Labute approximate surface area is 110 Å². The molecule has 0 radical (unpaired) electrons. The molecular weight excluding hydrogens is 272 g/mol. The van der Waals surface area contributed by atoms with E-state index in [2.05, 4.69) is 4.72 Å². The molecule has 0 bridgehead atoms. The van der Waals surface area contributed by atoms with Crippen molar-refractivity contribution >= 4 is 26.5 Å². The number of rotatable bonds is 5. The number of nitrogens with two attached hydrogens (primary N) is 1. The summed E-state index contributed by atoms with van der Waals surface area (Å²) in [4.78, 5) is 0.199. The van der Waals surface area contributed by atoms with Gasteiger partial charge in [0.15, 0.2) is 0 Å². The van der Waals surface area contributed by atoms with Crippen LogP contribution < -0.4 is 10.5 Å². The van der Waals surface area contributed by atoms with Crippen LogP contribution in [-0.2, 0) is 20.8 Å². The van der Waals surface area contributed by atoms with Gasteiger partial charge in [0.1, 0.15) is 0 Å². The van der Waals surface area contributed by atoms with Gasteiger partial charge in [-0.05, 0) is 37.6 Å². The fourth-order valence-electron chi connectivity index (χ4n) is 1.69. The summed E-state index contributed by atoms with van der Waals surface area (Å²) < 4.78 is 37.8. The molecule has 0 saturated heterocycles. The predicted molar refractivity (Wildman–Crippen MR) is 74.3 cm³/mol. The van der Waals surface area contributed by atoms with Crippen LogP contribution in [0.3, 0.4) is 0 Å². The van der Waals surface area contributed by atoms with Gasteiger partial charge in [-0.2, -0.15) is 0 Å². The van der Waals surface area contributed by atoms with E-state index in [1.165, 1.54) is 6.07 Å². The van der Waals surface area contributed by atoms with Crippen molar-refractivity contribution in [1.29, 1.82) is 0 Å². The SMILES string of the molecule is Cc1cc(N)ccc1S(=O)(=O)NC(C)CS(C)=O. The summed E-state index contributed by atoms with van der Waals surface area (Å²) >= 11 is 0. The molecule has 0 saturated carbocycles. The number of sulfonamides is 1. The van der Waals surface area contributed by atoms with Crippen molar-refractivity contribution in [1.82, 2.24) is 4.72 Å². The average molecular weight is 290 g/mol. The number of nitrogen functional groups attached to an aromatic ring is 1. The first kappa shape index (κ1) is 15.1. The van der Waals surface area contributed by atoms with Gasteiger partial charge >= 0.3 is 0 Å². The summed E-state index contributed by atoms with van der Waals surface area (Å²) in [5.41, 5.74) is 6.69. The molecule has 5 nitrogen and oxygen atoms in total. The monoisotopic (exact) mass is 290 g/mol. The molecule has 1 aromatic carbocycles. The third-order valence-corrected chi connectivity index (χ3v) is 5.05. The summed E-state index contributed by atoms with van der Waals surface area (Å²) in [6, 6.07) is 4.25. The Balaban J connectivity index is 2.96. The van der Waals surface area contributed by atoms with Crippen molar-refractivity contribution in [3.63, 3.8) is 0 Å². The second kappa shape index (κ2) is 5.81. The van der Waals surface area contributed by atoms with E-state index in [0.717, 1.165) is 0 Å². The number of benzene rings is 1. The maximum atomic E-state index is 12.1. The summed E-state index contributed by atoms with van der Waals surface area (Å²) in [5, 5.41) is 0. The normalized spacial score (nSPS) is 15.3. The van der Waals surface area contributed by atoms with Crippen molar-refractivity contribution in [3.8, 4) is 0 Å². The molecule has 0 fully saturated rings. The molecule has 0 spiro atoms. The molecule has 0 aliphatic carbocycles. The maximum Gasteiger partial charge on any atom is 0.241 e. The van der Waals surface area contributed by atoms with Crippen LogP contribution in [0.4, 0.5) is 5.69 Å². The van der Waals surface area contributed by atoms with Crippen molar-refractivity contribution in [2.45, 2.75) is 24.8 Å². The lowest BCUT2D eigenvalue weighted by Crippen LogP contribution is -2.36. The molecule has 3 N–H and O–H groups in total. The number of hydrogen-bond donors (Lipinski definition) is 2. The Kier molecular flexibility index (Phi) is 4.89. The zero-order chi connectivity index (χ0) is 13.9. The minimum absolute atomic E-state index is 0.199. The highest BCUT2D eigenvalue weighted by atomic mass is 32.2. The van der Waals surface area contributed by atoms with Gasteiger partial charge in [-0.1, -0.05) is 0 Å². The molecule has 18 heavy (non-hydrogen) atoms. The Hall–Kier alpha value is -0.920. The first-order valence-corrected chi connectivity index (χ1v) is 8.62. The molecular formula is C11H18N2O3S2. The zero-order valence-electron chi connectivity index (χ0n) is 10.6. The van der Waals surface area contributed by atoms with Crippen LogP contribution in [-0.4, -0.2) is 30.7 Å². The number of aryl methyl sites for hydroxylation is 1. The first-order valence-electron chi connectivity index (χ1n) is 5.41. The van der Waals surface area contributed by atoms with Gasteiger partial charge in [-0.15, -0.1) is 0 Å². The zero-order valence-corrected chi connectivity index (χ0v) is 12.3. The molecule has 0 aromatic heterocycles. The Morgan fingerprint density at radius 3 is 2.56 bits per heavy atom. The Morgan fingerprint density at radius 2 is 2.06 bits per heavy atom. The molecule has 0 amide bonds. The van der Waals surface area contributed by atoms with E-state index >= 15 is 0 Å². The van der Waals surface area contributed by atoms with E-state index in [4.69, 9.17) is 5.73 Å². The van der Waals surface area contributed by atoms with Gasteiger partial charge in [0.2, 0.25) is 10.0 Å². The number of anilines is 1. The Morgan fingerprint density at radius 1 is 1.44 bits per heavy atom. The lowest BCUT2D eigenvalue weighted by Gasteiger charge is -2.14. The van der Waals surface area contributed by atoms with Crippen LogP contribution in [0.1, 0.15) is 12.5 Å². The average Bonchev–Trinajstić information content (AvgIpc) is 2.13. The van der Waals surface area contributed by atoms with Gasteiger partial charge in [0, 0.05) is 34.5 Å². The van der Waals surface area contributed by atoms with E-state index in [1.54, 1.807) is 32.2 Å². The van der Waals surface area contributed by atoms with Gasteiger partial charge in [-0.3, -0.25) is 4.21 Å². The summed E-state index contributed by atoms with van der Waals surface area (Å²) in [7, 11) is -4.64. The van der Waals surface area contributed by atoms with Crippen LogP contribution in [0.15, 0.2) is 23.1 Å². The third kappa shape index (κ3) is 4.08. The van der Waals surface area contributed by atoms with E-state index in [0.29, 0.717) is 11.3 Å². The van der Waals surface area contributed by atoms with Crippen LogP contribution in [0, 0.1) is 6.92 Å². The molecule has 1 aromatic rings. The third-order valence-electron chi connectivity index (χ3n) is 2.33. The molecule has 102 valence electrons. The molecule has 0 aliphatic rings. The van der Waals surface area contributed by atoms with Gasteiger partial charge in [0.25, 0.3) is 0 Å². The van der Waals surface area contributed by atoms with E-state index in [9.17, 15) is 12.6 Å². The molecule has 1 rings (SSSR count). The summed E-state index contributed by atoms with van der Waals surface area (Å²) in [6.07, 6.45) is 1.54. The van der Waals surface area contributed by atoms with E-state index < -0.39 is 20.8 Å². The number of nitrogens with one attached hydrogen (secondary N) is 1. The molecule has 0 heterocycles. The standard InChI is InChI=1S/C11H18N2O3S2/c1-8-6-10(12)4-5-11(8)18(15,16)13-9(2)7-17(3)14/h4-6,9,13H,7,12H2,1-3H3.